The highest BCUT2D eigenvalue weighted by Crippen LogP contribution is 2.22. The predicted molar refractivity (Wildman–Crippen MR) is 73.1 cm³/mol. The fraction of sp³-hybridized carbons (Fsp3) is 0.357. The van der Waals surface area contributed by atoms with Crippen molar-refractivity contribution in [1.82, 2.24) is 15.0 Å². The second-order valence-electron chi connectivity index (χ2n) is 5.46. The van der Waals surface area contributed by atoms with Crippen LogP contribution in [0.2, 0.25) is 0 Å². The zero-order valence-corrected chi connectivity index (χ0v) is 11.2. The lowest BCUT2D eigenvalue weighted by atomic mass is 9.96. The summed E-state index contributed by atoms with van der Waals surface area (Å²) in [5, 5.41) is 0. The van der Waals surface area contributed by atoms with Crippen LogP contribution in [0.3, 0.4) is 0 Å². The molecule has 2 rings (SSSR count). The van der Waals surface area contributed by atoms with E-state index in [4.69, 9.17) is 5.73 Å². The summed E-state index contributed by atoms with van der Waals surface area (Å²) in [6, 6.07) is 8.05. The minimum atomic E-state index is -0.143. The van der Waals surface area contributed by atoms with Crippen molar-refractivity contribution in [2.45, 2.75) is 33.1 Å². The van der Waals surface area contributed by atoms with E-state index in [9.17, 15) is 0 Å². The molecule has 0 unspecified atom stereocenters. The molecular weight excluding hydrogens is 224 g/mol. The Balaban J connectivity index is 2.55. The number of anilines is 1. The number of nitrogen functional groups attached to an aromatic ring is 1. The van der Waals surface area contributed by atoms with Gasteiger partial charge in [-0.05, 0) is 13.0 Å². The molecule has 4 nitrogen and oxygen atoms in total. The molecule has 4 heteroatoms. The smallest absolute Gasteiger partial charge is 0.223 e. The Bertz CT molecular complexity index is 570. The number of hydrogen-bond donors (Lipinski definition) is 1. The van der Waals surface area contributed by atoms with E-state index in [1.54, 1.807) is 0 Å². The molecule has 0 atom stereocenters. The van der Waals surface area contributed by atoms with Gasteiger partial charge in [-0.1, -0.05) is 44.5 Å². The van der Waals surface area contributed by atoms with E-state index < -0.39 is 0 Å². The minimum absolute atomic E-state index is 0.143. The first-order valence-electron chi connectivity index (χ1n) is 5.95. The molecule has 1 aromatic carbocycles. The largest absolute Gasteiger partial charge is 0.368 e. The van der Waals surface area contributed by atoms with Crippen molar-refractivity contribution in [1.29, 1.82) is 0 Å². The molecule has 0 fully saturated rings. The van der Waals surface area contributed by atoms with Gasteiger partial charge in [0.25, 0.3) is 0 Å². The summed E-state index contributed by atoms with van der Waals surface area (Å²) in [4.78, 5) is 12.9. The SMILES string of the molecule is Cc1cccc(-c2nc(N)nc(C(C)(C)C)n2)c1. The van der Waals surface area contributed by atoms with Crippen molar-refractivity contribution in [3.63, 3.8) is 0 Å². The molecular formula is C14H18N4. The highest BCUT2D eigenvalue weighted by molar-refractivity contribution is 5.57. The molecule has 2 N–H and O–H groups in total. The third-order valence-corrected chi connectivity index (χ3v) is 2.60. The molecule has 2 aromatic rings. The number of aromatic nitrogens is 3. The molecule has 0 bridgehead atoms. The number of aryl methyl sites for hydroxylation is 1. The Morgan fingerprint density at radius 3 is 2.39 bits per heavy atom. The van der Waals surface area contributed by atoms with Crippen molar-refractivity contribution in [2.75, 3.05) is 5.73 Å². The van der Waals surface area contributed by atoms with Crippen LogP contribution in [-0.2, 0) is 5.41 Å². The summed E-state index contributed by atoms with van der Waals surface area (Å²) in [6.07, 6.45) is 0. The third kappa shape index (κ3) is 2.64. The normalized spacial score (nSPS) is 11.6. The van der Waals surface area contributed by atoms with Gasteiger partial charge in [0.15, 0.2) is 5.82 Å². The molecule has 0 aliphatic carbocycles. The number of nitrogens with two attached hydrogens (primary N) is 1. The molecule has 0 saturated heterocycles. The van der Waals surface area contributed by atoms with E-state index >= 15 is 0 Å². The summed E-state index contributed by atoms with van der Waals surface area (Å²) < 4.78 is 0. The Kier molecular flexibility index (Phi) is 3.03. The maximum atomic E-state index is 5.77. The molecule has 1 aromatic heterocycles. The zero-order chi connectivity index (χ0) is 13.3. The van der Waals surface area contributed by atoms with E-state index in [2.05, 4.69) is 35.7 Å². The molecule has 0 aliphatic heterocycles. The number of rotatable bonds is 1. The van der Waals surface area contributed by atoms with Gasteiger partial charge in [0.2, 0.25) is 5.95 Å². The number of hydrogen-bond acceptors (Lipinski definition) is 4. The van der Waals surface area contributed by atoms with Crippen molar-refractivity contribution in [2.24, 2.45) is 0 Å². The van der Waals surface area contributed by atoms with Gasteiger partial charge in [0, 0.05) is 11.0 Å². The first-order chi connectivity index (χ1) is 8.36. The van der Waals surface area contributed by atoms with Gasteiger partial charge in [0.05, 0.1) is 0 Å². The zero-order valence-electron chi connectivity index (χ0n) is 11.2. The first-order valence-corrected chi connectivity index (χ1v) is 5.95. The van der Waals surface area contributed by atoms with Crippen LogP contribution in [0.1, 0.15) is 32.2 Å². The van der Waals surface area contributed by atoms with E-state index in [-0.39, 0.29) is 11.4 Å². The maximum absolute atomic E-state index is 5.77. The molecule has 0 amide bonds. The average molecular weight is 242 g/mol. The molecule has 94 valence electrons. The van der Waals surface area contributed by atoms with Gasteiger partial charge in [-0.15, -0.1) is 0 Å². The first kappa shape index (κ1) is 12.5. The summed E-state index contributed by atoms with van der Waals surface area (Å²) in [5.74, 6) is 1.62. The van der Waals surface area contributed by atoms with E-state index in [0.717, 1.165) is 5.56 Å². The lowest BCUT2D eigenvalue weighted by Crippen LogP contribution is -2.18. The molecule has 18 heavy (non-hydrogen) atoms. The van der Waals surface area contributed by atoms with Crippen LogP contribution in [0, 0.1) is 6.92 Å². The Morgan fingerprint density at radius 1 is 1.06 bits per heavy atom. The van der Waals surface area contributed by atoms with Gasteiger partial charge in [-0.2, -0.15) is 9.97 Å². The van der Waals surface area contributed by atoms with Crippen LogP contribution in [0.4, 0.5) is 5.95 Å². The standard InChI is InChI=1S/C14H18N4/c1-9-6-5-7-10(8-9)11-16-12(14(2,3)4)18-13(15)17-11/h5-8H,1-4H3,(H2,15,16,17,18). The quantitative estimate of drug-likeness (QED) is 0.835. The third-order valence-electron chi connectivity index (χ3n) is 2.60. The lowest BCUT2D eigenvalue weighted by molar-refractivity contribution is 0.544. The van der Waals surface area contributed by atoms with Gasteiger partial charge in [-0.25, -0.2) is 4.98 Å². The van der Waals surface area contributed by atoms with Gasteiger partial charge < -0.3 is 5.73 Å². The second-order valence-corrected chi connectivity index (χ2v) is 5.46. The predicted octanol–water partition coefficient (Wildman–Crippen LogP) is 2.73. The van der Waals surface area contributed by atoms with Crippen LogP contribution in [0.25, 0.3) is 11.4 Å². The van der Waals surface area contributed by atoms with E-state index in [0.29, 0.717) is 11.6 Å². The van der Waals surface area contributed by atoms with E-state index in [1.165, 1.54) is 5.56 Å². The van der Waals surface area contributed by atoms with Gasteiger partial charge >= 0.3 is 0 Å². The molecule has 0 aliphatic rings. The fourth-order valence-electron chi connectivity index (χ4n) is 1.64. The highest BCUT2D eigenvalue weighted by Gasteiger charge is 2.19. The Labute approximate surface area is 107 Å². The topological polar surface area (TPSA) is 64.7 Å². The van der Waals surface area contributed by atoms with Crippen molar-refractivity contribution in [3.8, 4) is 11.4 Å². The van der Waals surface area contributed by atoms with Crippen LogP contribution >= 0.6 is 0 Å². The Morgan fingerprint density at radius 2 is 1.78 bits per heavy atom. The van der Waals surface area contributed by atoms with Gasteiger partial charge in [0.1, 0.15) is 5.82 Å². The number of nitrogens with zero attached hydrogens (tertiary/aromatic N) is 3. The fourth-order valence-corrected chi connectivity index (χ4v) is 1.64. The van der Waals surface area contributed by atoms with Crippen LogP contribution < -0.4 is 5.73 Å². The summed E-state index contributed by atoms with van der Waals surface area (Å²) in [6.45, 7) is 8.21. The number of benzene rings is 1. The van der Waals surface area contributed by atoms with Crippen molar-refractivity contribution >= 4 is 5.95 Å². The minimum Gasteiger partial charge on any atom is -0.368 e. The Hall–Kier alpha value is -1.97. The summed E-state index contributed by atoms with van der Waals surface area (Å²) in [7, 11) is 0. The molecule has 0 spiro atoms. The van der Waals surface area contributed by atoms with Gasteiger partial charge in [-0.3, -0.25) is 0 Å². The highest BCUT2D eigenvalue weighted by atomic mass is 15.1. The average Bonchev–Trinajstić information content (AvgIpc) is 2.27. The van der Waals surface area contributed by atoms with Crippen LogP contribution in [0.5, 0.6) is 0 Å². The van der Waals surface area contributed by atoms with Crippen molar-refractivity contribution < 1.29 is 0 Å². The monoisotopic (exact) mass is 242 g/mol. The second kappa shape index (κ2) is 4.37. The molecule has 1 heterocycles. The van der Waals surface area contributed by atoms with E-state index in [1.807, 2.05) is 31.2 Å². The maximum Gasteiger partial charge on any atom is 0.223 e. The van der Waals surface area contributed by atoms with Crippen LogP contribution in [0.15, 0.2) is 24.3 Å². The summed E-state index contributed by atoms with van der Waals surface area (Å²) >= 11 is 0. The van der Waals surface area contributed by atoms with Crippen LogP contribution in [-0.4, -0.2) is 15.0 Å². The molecule has 0 saturated carbocycles. The summed E-state index contributed by atoms with van der Waals surface area (Å²) in [5.41, 5.74) is 7.76. The lowest BCUT2D eigenvalue weighted by Gasteiger charge is -2.17. The van der Waals surface area contributed by atoms with Crippen molar-refractivity contribution in [3.05, 3.63) is 35.7 Å². The molecule has 0 radical (unpaired) electrons.